The van der Waals surface area contributed by atoms with Crippen molar-refractivity contribution in [2.45, 2.75) is 62.4 Å². The van der Waals surface area contributed by atoms with E-state index >= 15 is 0 Å². The van der Waals surface area contributed by atoms with Gasteiger partial charge in [0.1, 0.15) is 23.2 Å². The van der Waals surface area contributed by atoms with Crippen LogP contribution in [0.15, 0.2) is 79.3 Å². The molecule has 3 N–H and O–H groups in total. The number of aromatic amines is 2. The Morgan fingerprint density at radius 2 is 1.43 bits per heavy atom. The maximum absolute atomic E-state index is 14.0. The topological polar surface area (TPSA) is 134 Å². The quantitative estimate of drug-likeness (QED) is 0.284. The smallest absolute Gasteiger partial charge is 0.409 e. The van der Waals surface area contributed by atoms with Crippen molar-refractivity contribution in [2.75, 3.05) is 20.2 Å². The molecule has 234 valence electrons. The highest BCUT2D eigenvalue weighted by molar-refractivity contribution is 5.68. The fourth-order valence-electron chi connectivity index (χ4n) is 6.13. The zero-order valence-electron chi connectivity index (χ0n) is 24.4. The molecule has 4 heterocycles. The van der Waals surface area contributed by atoms with E-state index in [2.05, 4.69) is 15.6 Å². The van der Waals surface area contributed by atoms with Gasteiger partial charge >= 0.3 is 6.09 Å². The summed E-state index contributed by atoms with van der Waals surface area (Å²) < 4.78 is 42.9. The fraction of sp³-hybridized carbons (Fsp3) is 0.406. The number of rotatable bonds is 6. The van der Waals surface area contributed by atoms with Crippen LogP contribution in [0.3, 0.4) is 0 Å². The number of piperidine rings is 2. The molecule has 0 bridgehead atoms. The number of ether oxygens (including phenoxy) is 1. The van der Waals surface area contributed by atoms with E-state index in [4.69, 9.17) is 13.8 Å². The minimum atomic E-state index is -0.426. The molecule has 12 heteroatoms. The lowest BCUT2D eigenvalue weighted by Crippen LogP contribution is -2.46. The lowest BCUT2D eigenvalue weighted by atomic mass is 9.86. The number of carbonyl (C=O) groups is 1. The molecule has 0 saturated carbocycles. The average Bonchev–Trinajstić information content (AvgIpc) is 3.68. The van der Waals surface area contributed by atoms with Gasteiger partial charge in [-0.05, 0) is 68.3 Å². The van der Waals surface area contributed by atoms with E-state index in [0.29, 0.717) is 49.3 Å². The zero-order valence-corrected chi connectivity index (χ0v) is 24.4. The highest BCUT2D eigenvalue weighted by Crippen LogP contribution is 2.33. The van der Waals surface area contributed by atoms with Crippen molar-refractivity contribution >= 4 is 6.09 Å². The van der Waals surface area contributed by atoms with Gasteiger partial charge in [0, 0.05) is 42.6 Å². The van der Waals surface area contributed by atoms with Gasteiger partial charge in [0.05, 0.1) is 7.11 Å². The van der Waals surface area contributed by atoms with E-state index in [9.17, 15) is 23.2 Å². The minimum Gasteiger partial charge on any atom is -0.453 e. The molecular weight excluding hydrogens is 574 g/mol. The van der Waals surface area contributed by atoms with Crippen molar-refractivity contribution in [3.8, 4) is 0 Å². The standard InChI is InChI=1S/C17H19FN2O4.C15H17FN2O2/c1-23-17(22)20-7-6-12(15-10-16(21)19-24-15)9-13(20)8-11-4-2-3-5-14(11)18;16-13-4-2-1-3-10(13)7-12-8-11(5-6-17-12)14-9-15(19)18-20-14/h2-5,10,12-13H,6-9H2,1H3,(H,19,21);1-4,9,11-12,17H,5-8H2,(H,18,19)/t12-,13+;11-,12+/m00/s1. The number of nitrogens with zero attached hydrogens (tertiary/aromatic N) is 1. The number of H-pyrrole nitrogens is 2. The number of aromatic nitrogens is 2. The molecule has 10 nitrogen and oxygen atoms in total. The van der Waals surface area contributed by atoms with Crippen LogP contribution in [0.5, 0.6) is 0 Å². The Labute approximate surface area is 252 Å². The van der Waals surface area contributed by atoms with E-state index < -0.39 is 6.09 Å². The molecular formula is C32H36F2N4O6. The largest absolute Gasteiger partial charge is 0.453 e. The SMILES string of the molecule is COC(=O)N1CC[C@H](c2cc(=O)[nH]o2)C[C@H]1Cc1ccccc1F.O=c1cc([C@H]2CCN[C@H](Cc3ccccc3F)C2)o[nH]1. The van der Waals surface area contributed by atoms with Gasteiger partial charge in [-0.15, -0.1) is 0 Å². The van der Waals surface area contributed by atoms with Crippen LogP contribution in [-0.2, 0) is 17.6 Å². The second-order valence-corrected chi connectivity index (χ2v) is 11.2. The van der Waals surface area contributed by atoms with Crippen molar-refractivity contribution in [1.82, 2.24) is 20.5 Å². The zero-order chi connectivity index (χ0) is 31.1. The maximum Gasteiger partial charge on any atom is 0.409 e. The number of nitrogens with one attached hydrogen (secondary N) is 3. The molecule has 0 radical (unpaired) electrons. The van der Waals surface area contributed by atoms with Gasteiger partial charge in [0.2, 0.25) is 0 Å². The summed E-state index contributed by atoms with van der Waals surface area (Å²) in [4.78, 5) is 36.1. The number of methoxy groups -OCH3 is 1. The number of halogens is 2. The molecule has 0 spiro atoms. The van der Waals surface area contributed by atoms with Crippen LogP contribution in [0, 0.1) is 11.6 Å². The van der Waals surface area contributed by atoms with Crippen LogP contribution in [0.1, 0.15) is 60.2 Å². The molecule has 4 aromatic rings. The predicted octanol–water partition coefficient (Wildman–Crippen LogP) is 4.85. The third kappa shape index (κ3) is 7.73. The molecule has 0 unspecified atom stereocenters. The van der Waals surface area contributed by atoms with Gasteiger partial charge in [0.15, 0.2) is 0 Å². The molecule has 0 aliphatic carbocycles. The monoisotopic (exact) mass is 610 g/mol. The molecule has 2 aromatic heterocycles. The summed E-state index contributed by atoms with van der Waals surface area (Å²) in [5, 5.41) is 8.02. The highest BCUT2D eigenvalue weighted by Gasteiger charge is 2.35. The van der Waals surface area contributed by atoms with Crippen LogP contribution in [0.2, 0.25) is 0 Å². The van der Waals surface area contributed by atoms with Crippen molar-refractivity contribution in [3.63, 3.8) is 0 Å². The second kappa shape index (κ2) is 14.3. The Morgan fingerprint density at radius 3 is 1.98 bits per heavy atom. The summed E-state index contributed by atoms with van der Waals surface area (Å²) in [6, 6.07) is 16.3. The highest BCUT2D eigenvalue weighted by atomic mass is 19.1. The molecule has 1 amide bonds. The summed E-state index contributed by atoms with van der Waals surface area (Å²) in [6.07, 6.45) is 3.60. The maximum atomic E-state index is 14.0. The van der Waals surface area contributed by atoms with E-state index in [1.54, 1.807) is 29.2 Å². The Hall–Kier alpha value is -4.45. The van der Waals surface area contributed by atoms with Gasteiger partial charge in [-0.3, -0.25) is 9.59 Å². The third-order valence-corrected chi connectivity index (χ3v) is 8.35. The number of amides is 1. The normalized spacial score (nSPS) is 21.8. The molecule has 2 fully saturated rings. The molecule has 2 aliphatic heterocycles. The van der Waals surface area contributed by atoms with E-state index in [1.165, 1.54) is 31.4 Å². The molecule has 2 aliphatic rings. The Balaban J connectivity index is 0.000000177. The molecule has 4 atom stereocenters. The van der Waals surface area contributed by atoms with Gasteiger partial charge in [-0.25, -0.2) is 13.6 Å². The summed E-state index contributed by atoms with van der Waals surface area (Å²) in [5.41, 5.74) is 0.781. The van der Waals surface area contributed by atoms with Crippen LogP contribution in [0.4, 0.5) is 13.6 Å². The van der Waals surface area contributed by atoms with Gasteiger partial charge < -0.3 is 24.0 Å². The van der Waals surface area contributed by atoms with Gasteiger partial charge in [-0.1, -0.05) is 36.4 Å². The van der Waals surface area contributed by atoms with Crippen molar-refractivity contribution in [3.05, 3.63) is 116 Å². The Bertz CT molecular complexity index is 1650. The lowest BCUT2D eigenvalue weighted by Gasteiger charge is -2.38. The third-order valence-electron chi connectivity index (χ3n) is 8.35. The Kier molecular flexibility index (Phi) is 10.1. The van der Waals surface area contributed by atoms with E-state index in [-0.39, 0.29) is 46.7 Å². The van der Waals surface area contributed by atoms with Crippen LogP contribution in [0.25, 0.3) is 0 Å². The second-order valence-electron chi connectivity index (χ2n) is 11.2. The summed E-state index contributed by atoms with van der Waals surface area (Å²) >= 11 is 0. The summed E-state index contributed by atoms with van der Waals surface area (Å²) in [6.45, 7) is 1.31. The number of hydrogen-bond donors (Lipinski definition) is 3. The number of benzene rings is 2. The van der Waals surface area contributed by atoms with Gasteiger partial charge in [0.25, 0.3) is 11.1 Å². The number of hydrogen-bond acceptors (Lipinski definition) is 7. The first kappa shape index (κ1) is 31.0. The number of carbonyl (C=O) groups excluding carboxylic acids is 1. The van der Waals surface area contributed by atoms with Crippen LogP contribution in [-0.4, -0.2) is 53.6 Å². The number of likely N-dealkylation sites (tertiary alicyclic amines) is 1. The first-order valence-electron chi connectivity index (χ1n) is 14.7. The average molecular weight is 611 g/mol. The first-order valence-corrected chi connectivity index (χ1v) is 14.7. The minimum absolute atomic E-state index is 0.00151. The molecule has 6 rings (SSSR count). The van der Waals surface area contributed by atoms with E-state index in [0.717, 1.165) is 24.9 Å². The van der Waals surface area contributed by atoms with Crippen molar-refractivity contribution in [1.29, 1.82) is 0 Å². The molecule has 2 aromatic carbocycles. The van der Waals surface area contributed by atoms with Crippen molar-refractivity contribution < 1.29 is 27.4 Å². The molecule has 44 heavy (non-hydrogen) atoms. The van der Waals surface area contributed by atoms with Crippen LogP contribution < -0.4 is 16.4 Å². The summed E-state index contributed by atoms with van der Waals surface area (Å²) in [7, 11) is 1.33. The van der Waals surface area contributed by atoms with Crippen molar-refractivity contribution in [2.24, 2.45) is 0 Å². The summed E-state index contributed by atoms with van der Waals surface area (Å²) in [5.74, 6) is 1.04. The fourth-order valence-corrected chi connectivity index (χ4v) is 6.13. The van der Waals surface area contributed by atoms with E-state index in [1.807, 2.05) is 12.1 Å². The first-order chi connectivity index (χ1) is 21.3. The lowest BCUT2D eigenvalue weighted by molar-refractivity contribution is 0.0814. The van der Waals surface area contributed by atoms with Gasteiger partial charge in [-0.2, -0.15) is 10.3 Å². The van der Waals surface area contributed by atoms with Crippen LogP contribution >= 0.6 is 0 Å². The predicted molar refractivity (Wildman–Crippen MR) is 158 cm³/mol. The molecule has 2 saturated heterocycles. The Morgan fingerprint density at radius 1 is 0.864 bits per heavy atom.